The van der Waals surface area contributed by atoms with Gasteiger partial charge in [-0.15, -0.1) is 0 Å². The summed E-state index contributed by atoms with van der Waals surface area (Å²) in [5, 5.41) is 0. The van der Waals surface area contributed by atoms with Gasteiger partial charge in [0.25, 0.3) is 0 Å². The van der Waals surface area contributed by atoms with E-state index in [2.05, 4.69) is 0 Å². The Balaban J connectivity index is 1.88. The van der Waals surface area contributed by atoms with Crippen molar-refractivity contribution in [1.82, 2.24) is 4.90 Å². The van der Waals surface area contributed by atoms with E-state index in [4.69, 9.17) is 9.47 Å². The molecule has 1 amide bonds. The molecule has 0 radical (unpaired) electrons. The molecule has 0 aliphatic carbocycles. The standard InChI is InChI=1S/C15H19F2NO3/c1-20-10-15(19)18-6-2-3-13(8-18)21-9-11-7-12(16)4-5-14(11)17/h4-5,7,13H,2-3,6,8-10H2,1H3. The van der Waals surface area contributed by atoms with Gasteiger partial charge in [0.05, 0.1) is 12.7 Å². The molecule has 2 rings (SSSR count). The number of benzene rings is 1. The number of nitrogens with zero attached hydrogens (tertiary/aromatic N) is 1. The summed E-state index contributed by atoms with van der Waals surface area (Å²) in [5.41, 5.74) is 0.190. The molecule has 0 saturated carbocycles. The second kappa shape index (κ2) is 7.47. The van der Waals surface area contributed by atoms with Crippen molar-refractivity contribution in [3.8, 4) is 0 Å². The monoisotopic (exact) mass is 299 g/mol. The van der Waals surface area contributed by atoms with Crippen LogP contribution < -0.4 is 0 Å². The van der Waals surface area contributed by atoms with Crippen LogP contribution in [0.3, 0.4) is 0 Å². The Morgan fingerprint density at radius 1 is 1.43 bits per heavy atom. The molecule has 1 unspecified atom stereocenters. The van der Waals surface area contributed by atoms with Gasteiger partial charge in [-0.25, -0.2) is 8.78 Å². The van der Waals surface area contributed by atoms with Crippen molar-refractivity contribution in [3.63, 3.8) is 0 Å². The molecule has 1 aliphatic rings. The Morgan fingerprint density at radius 3 is 3.00 bits per heavy atom. The van der Waals surface area contributed by atoms with Gasteiger partial charge < -0.3 is 14.4 Å². The molecular formula is C15H19F2NO3. The molecule has 1 saturated heterocycles. The topological polar surface area (TPSA) is 38.8 Å². The van der Waals surface area contributed by atoms with Crippen molar-refractivity contribution in [1.29, 1.82) is 0 Å². The largest absolute Gasteiger partial charge is 0.375 e. The number of hydrogen-bond donors (Lipinski definition) is 0. The molecule has 1 aromatic rings. The number of likely N-dealkylation sites (tertiary alicyclic amines) is 1. The average Bonchev–Trinajstić information content (AvgIpc) is 2.49. The van der Waals surface area contributed by atoms with Gasteiger partial charge in [0.15, 0.2) is 0 Å². The molecule has 1 heterocycles. The van der Waals surface area contributed by atoms with E-state index in [1.807, 2.05) is 0 Å². The number of ether oxygens (including phenoxy) is 2. The predicted molar refractivity (Wildman–Crippen MR) is 72.6 cm³/mol. The minimum absolute atomic E-state index is 0.000564. The van der Waals surface area contributed by atoms with Gasteiger partial charge in [-0.2, -0.15) is 0 Å². The van der Waals surface area contributed by atoms with Crippen LogP contribution in [0.2, 0.25) is 0 Å². The highest BCUT2D eigenvalue weighted by Gasteiger charge is 2.24. The third-order valence-corrected chi connectivity index (χ3v) is 3.48. The number of carbonyl (C=O) groups excluding carboxylic acids is 1. The Kier molecular flexibility index (Phi) is 5.64. The average molecular weight is 299 g/mol. The first-order valence-corrected chi connectivity index (χ1v) is 6.92. The Labute approximate surface area is 122 Å². The highest BCUT2D eigenvalue weighted by atomic mass is 19.1. The summed E-state index contributed by atoms with van der Waals surface area (Å²) in [6.45, 7) is 1.18. The van der Waals surface area contributed by atoms with Crippen LogP contribution in [0.5, 0.6) is 0 Å². The highest BCUT2D eigenvalue weighted by molar-refractivity contribution is 5.77. The van der Waals surface area contributed by atoms with Gasteiger partial charge in [0, 0.05) is 25.8 Å². The van der Waals surface area contributed by atoms with Gasteiger partial charge >= 0.3 is 0 Å². The number of amides is 1. The normalized spacial score (nSPS) is 18.8. The van der Waals surface area contributed by atoms with Gasteiger partial charge in [0.1, 0.15) is 18.2 Å². The fourth-order valence-electron chi connectivity index (χ4n) is 2.38. The molecule has 21 heavy (non-hydrogen) atoms. The van der Waals surface area contributed by atoms with Crippen molar-refractivity contribution in [2.75, 3.05) is 26.8 Å². The van der Waals surface area contributed by atoms with E-state index in [0.717, 1.165) is 31.0 Å². The van der Waals surface area contributed by atoms with Crippen LogP contribution in [0.15, 0.2) is 18.2 Å². The first kappa shape index (κ1) is 15.9. The van der Waals surface area contributed by atoms with Crippen molar-refractivity contribution >= 4 is 5.91 Å². The second-order valence-electron chi connectivity index (χ2n) is 5.08. The molecule has 1 fully saturated rings. The van der Waals surface area contributed by atoms with Crippen LogP contribution in [0.25, 0.3) is 0 Å². The molecule has 4 nitrogen and oxygen atoms in total. The summed E-state index contributed by atoms with van der Waals surface area (Å²) in [5.74, 6) is -1.06. The molecule has 116 valence electrons. The molecule has 0 spiro atoms. The molecular weight excluding hydrogens is 280 g/mol. The summed E-state index contributed by atoms with van der Waals surface area (Å²) in [6.07, 6.45) is 1.46. The van der Waals surface area contributed by atoms with Crippen LogP contribution in [0.4, 0.5) is 8.78 Å². The van der Waals surface area contributed by atoms with E-state index in [1.165, 1.54) is 7.11 Å². The molecule has 0 bridgehead atoms. The molecule has 0 aromatic heterocycles. The van der Waals surface area contributed by atoms with Gasteiger partial charge in [-0.1, -0.05) is 0 Å². The van der Waals surface area contributed by atoms with Crippen molar-refractivity contribution in [2.24, 2.45) is 0 Å². The first-order valence-electron chi connectivity index (χ1n) is 6.92. The Morgan fingerprint density at radius 2 is 2.24 bits per heavy atom. The maximum Gasteiger partial charge on any atom is 0.248 e. The van der Waals surface area contributed by atoms with E-state index >= 15 is 0 Å². The van der Waals surface area contributed by atoms with Crippen molar-refractivity contribution in [3.05, 3.63) is 35.4 Å². The minimum Gasteiger partial charge on any atom is -0.375 e. The lowest BCUT2D eigenvalue weighted by molar-refractivity contribution is -0.139. The molecule has 0 N–H and O–H groups in total. The number of piperidine rings is 1. The number of hydrogen-bond acceptors (Lipinski definition) is 3. The molecule has 1 atom stereocenters. The van der Waals surface area contributed by atoms with Crippen LogP contribution >= 0.6 is 0 Å². The number of methoxy groups -OCH3 is 1. The van der Waals surface area contributed by atoms with Crippen molar-refractivity contribution < 1.29 is 23.0 Å². The number of rotatable bonds is 5. The first-order chi connectivity index (χ1) is 10.1. The molecule has 6 heteroatoms. The van der Waals surface area contributed by atoms with E-state index in [1.54, 1.807) is 4.90 Å². The zero-order valence-corrected chi connectivity index (χ0v) is 12.0. The molecule has 1 aliphatic heterocycles. The lowest BCUT2D eigenvalue weighted by Crippen LogP contribution is -2.44. The van der Waals surface area contributed by atoms with Crippen LogP contribution in [-0.4, -0.2) is 43.7 Å². The van der Waals surface area contributed by atoms with E-state index in [-0.39, 0.29) is 30.8 Å². The maximum atomic E-state index is 13.5. The van der Waals surface area contributed by atoms with Crippen LogP contribution in [-0.2, 0) is 20.9 Å². The SMILES string of the molecule is COCC(=O)N1CCCC(OCc2cc(F)ccc2F)C1. The lowest BCUT2D eigenvalue weighted by atomic mass is 10.1. The van der Waals surface area contributed by atoms with E-state index in [9.17, 15) is 13.6 Å². The third-order valence-electron chi connectivity index (χ3n) is 3.48. The zero-order valence-electron chi connectivity index (χ0n) is 12.0. The fourth-order valence-corrected chi connectivity index (χ4v) is 2.38. The van der Waals surface area contributed by atoms with Gasteiger partial charge in [-0.05, 0) is 31.0 Å². The number of halogens is 2. The Bertz CT molecular complexity index is 496. The maximum absolute atomic E-state index is 13.5. The minimum atomic E-state index is -0.490. The summed E-state index contributed by atoms with van der Waals surface area (Å²) < 4.78 is 37.0. The smallest absolute Gasteiger partial charge is 0.248 e. The Hall–Kier alpha value is -1.53. The third kappa shape index (κ3) is 4.47. The quantitative estimate of drug-likeness (QED) is 0.836. The van der Waals surface area contributed by atoms with Crippen molar-refractivity contribution in [2.45, 2.75) is 25.6 Å². The lowest BCUT2D eigenvalue weighted by Gasteiger charge is -2.32. The summed E-state index contributed by atoms with van der Waals surface area (Å²) in [7, 11) is 1.47. The van der Waals surface area contributed by atoms with E-state index < -0.39 is 11.6 Å². The van der Waals surface area contributed by atoms with Crippen LogP contribution in [0.1, 0.15) is 18.4 Å². The highest BCUT2D eigenvalue weighted by Crippen LogP contribution is 2.17. The fraction of sp³-hybridized carbons (Fsp3) is 0.533. The summed E-state index contributed by atoms with van der Waals surface area (Å²) in [4.78, 5) is 13.4. The zero-order chi connectivity index (χ0) is 15.2. The summed E-state index contributed by atoms with van der Waals surface area (Å²) >= 11 is 0. The van der Waals surface area contributed by atoms with E-state index in [0.29, 0.717) is 13.1 Å². The van der Waals surface area contributed by atoms with Gasteiger partial charge in [0.2, 0.25) is 5.91 Å². The molecule has 1 aromatic carbocycles. The van der Waals surface area contributed by atoms with Gasteiger partial charge in [-0.3, -0.25) is 4.79 Å². The number of carbonyl (C=O) groups is 1. The second-order valence-corrected chi connectivity index (χ2v) is 5.08. The predicted octanol–water partition coefficient (Wildman–Crippen LogP) is 2.12. The summed E-state index contributed by atoms with van der Waals surface area (Å²) in [6, 6.07) is 3.29. The van der Waals surface area contributed by atoms with Crippen LogP contribution in [0, 0.1) is 11.6 Å².